The number of rotatable bonds is 43. The predicted molar refractivity (Wildman–Crippen MR) is 395 cm³/mol. The number of carboxylic acids is 1. The molecule has 16 amide bonds. The number of nitrogens with one attached hydrogen (secondary N) is 13. The minimum atomic E-state index is -1.91. The van der Waals surface area contributed by atoms with E-state index in [4.69, 9.17) is 22.9 Å². The van der Waals surface area contributed by atoms with Gasteiger partial charge in [-0.3, -0.25) is 81.5 Å². The van der Waals surface area contributed by atoms with Crippen molar-refractivity contribution in [2.24, 2.45) is 22.9 Å². The average molecular weight is 1560 g/mol. The van der Waals surface area contributed by atoms with E-state index in [2.05, 4.69) is 93.7 Å². The van der Waals surface area contributed by atoms with Gasteiger partial charge in [-0.15, -0.1) is 0 Å². The smallest absolute Gasteiger partial charge is 0.303 e. The van der Waals surface area contributed by atoms with Gasteiger partial charge in [-0.25, -0.2) is 0 Å². The molecule has 1 fully saturated rings. The van der Waals surface area contributed by atoms with Crippen molar-refractivity contribution in [3.63, 3.8) is 0 Å². The number of benzene rings is 3. The summed E-state index contributed by atoms with van der Waals surface area (Å²) in [6, 6.07) is 1.08. The first kappa shape index (κ1) is 86.1. The zero-order valence-corrected chi connectivity index (χ0v) is 61.0. The minimum absolute atomic E-state index is 0.0364. The highest BCUT2D eigenvalue weighted by molar-refractivity contribution is 7.80. The zero-order chi connectivity index (χ0) is 80.3. The normalized spacial score (nSPS) is 15.5. The van der Waals surface area contributed by atoms with Gasteiger partial charge in [0.2, 0.25) is 94.5 Å². The quantitative estimate of drug-likeness (QED) is 0.0162. The number of fused-ring (bicyclic) bond motifs is 2. The number of aromatic nitrogens is 2. The van der Waals surface area contributed by atoms with Crippen LogP contribution in [-0.2, 0) is 101 Å². The lowest BCUT2D eigenvalue weighted by molar-refractivity contribution is -0.143. The molecule has 0 unspecified atom stereocenters. The molecule has 24 N–H and O–H groups in total. The molecule has 0 aliphatic carbocycles. The van der Waals surface area contributed by atoms with Gasteiger partial charge in [0.25, 0.3) is 0 Å². The molecule has 109 heavy (non-hydrogen) atoms. The van der Waals surface area contributed by atoms with Crippen LogP contribution in [0.15, 0.2) is 85.2 Å². The van der Waals surface area contributed by atoms with Gasteiger partial charge in [0.1, 0.15) is 72.2 Å². The van der Waals surface area contributed by atoms with Gasteiger partial charge in [0, 0.05) is 97.7 Å². The Balaban J connectivity index is 1.28. The SMILES string of the molecule is CC(=O)N[C@@H](CS)C(=O)N[C@@H](CCC(N)=O)C(=O)N[C@H](C(=O)N[C@@H](Cc1c[nH]c2ccccc12)C(=O)N[C@@H](CCC(N)=O)C(=O)N[C@@H](CS)C(=O)N[C@@H](Cc1ccc(O)cc1)C(=O)N[C@@H](Cc1c[nH]c2ccccc12)C(=O)N1CCC[C@@H]1C(=O)N[C@@H](CCC(=O)O)C(=O)N[C@@H](CC(N)=O)C(=O)NCC(N)=O)[C@@H](C)O. The molecular weight excluding hydrogens is 1460 g/mol. The number of aliphatic hydroxyl groups excluding tert-OH is 1. The molecule has 2 aromatic heterocycles. The number of para-hydroxylation sites is 2. The number of carbonyl (C=O) groups excluding carboxylic acids is 16. The third-order valence-electron chi connectivity index (χ3n) is 17.4. The Morgan fingerprint density at radius 1 is 0.495 bits per heavy atom. The van der Waals surface area contributed by atoms with E-state index in [0.29, 0.717) is 38.5 Å². The zero-order valence-electron chi connectivity index (χ0n) is 59.3. The fourth-order valence-corrected chi connectivity index (χ4v) is 12.4. The number of H-pyrrole nitrogens is 2. The van der Waals surface area contributed by atoms with E-state index in [1.807, 2.05) is 0 Å². The van der Waals surface area contributed by atoms with E-state index in [-0.39, 0.29) is 50.2 Å². The second-order valence-electron chi connectivity index (χ2n) is 25.8. The first-order chi connectivity index (χ1) is 51.7. The number of nitrogens with zero attached hydrogens (tertiary/aromatic N) is 1. The van der Waals surface area contributed by atoms with Crippen LogP contribution in [0, 0.1) is 0 Å². The highest BCUT2D eigenvalue weighted by atomic mass is 32.1. The number of thiol groups is 2. The lowest BCUT2D eigenvalue weighted by atomic mass is 10.0. The fourth-order valence-electron chi connectivity index (χ4n) is 11.8. The number of primary amides is 4. The van der Waals surface area contributed by atoms with Crippen LogP contribution in [0.2, 0.25) is 0 Å². The largest absolute Gasteiger partial charge is 0.508 e. The number of hydrogen-bond acceptors (Lipinski definition) is 21. The standard InChI is InChI=1S/C69H90N18O20S2/c1-33(88)58(86-62(100)44(18-21-54(71)92)79-65(103)50(31-108)77-34(2)89)68(106)83-47(25-36-28-74-41-10-5-3-8-39(36)41)64(102)78-43(17-20-53(70)91)61(99)85-51(32-109)66(104)81-46(24-35-13-15-38(90)16-14-35)63(101)84-49(26-37-29-75-42-11-6-4-9-40(37)42)69(107)87-23-7-12-52(87)67(105)80-45(19-22-57(95)96)60(98)82-48(27-55(72)93)59(97)76-30-56(73)94/h3-6,8-11,13-16,28-29,33,43-52,58,74-75,88,90,108-109H,7,12,17-27,30-32H2,1-2H3,(H2,70,91)(H2,71,92)(H2,72,93)(H2,73,94)(H,76,97)(H,77,89)(H,78,102)(H,79,103)(H,80,105)(H,81,104)(H,82,98)(H,83,106)(H,84,101)(H,85,99)(H,86,100)(H,95,96)/t33-,43+,44+,45+,46+,47+,48+,49+,50+,51+,52-,58+/m1/s1. The average Bonchev–Trinajstić information content (AvgIpc) is 1.73. The molecule has 3 heterocycles. The van der Waals surface area contributed by atoms with Gasteiger partial charge < -0.3 is 112 Å². The van der Waals surface area contributed by atoms with Crippen LogP contribution in [-0.4, -0.2) is 228 Å². The minimum Gasteiger partial charge on any atom is -0.508 e. The summed E-state index contributed by atoms with van der Waals surface area (Å²) in [5, 5.41) is 58.8. The first-order valence-corrected chi connectivity index (χ1v) is 35.6. The molecule has 0 radical (unpaired) electrons. The lowest BCUT2D eigenvalue weighted by Crippen LogP contribution is -2.62. The number of phenols is 1. The van der Waals surface area contributed by atoms with E-state index < -0.39 is 230 Å². The molecule has 1 saturated heterocycles. The van der Waals surface area contributed by atoms with Crippen LogP contribution in [0.4, 0.5) is 0 Å². The number of carbonyl (C=O) groups is 17. The van der Waals surface area contributed by atoms with Crippen LogP contribution in [0.25, 0.3) is 21.8 Å². The second-order valence-corrected chi connectivity index (χ2v) is 26.5. The first-order valence-electron chi connectivity index (χ1n) is 34.4. The predicted octanol–water partition coefficient (Wildman–Crippen LogP) is -5.65. The van der Waals surface area contributed by atoms with Crippen molar-refractivity contribution in [1.29, 1.82) is 0 Å². The van der Waals surface area contributed by atoms with Crippen LogP contribution >= 0.6 is 25.3 Å². The molecule has 1 aliphatic rings. The van der Waals surface area contributed by atoms with Gasteiger partial charge in [0.15, 0.2) is 0 Å². The van der Waals surface area contributed by atoms with Crippen molar-refractivity contribution in [2.75, 3.05) is 24.6 Å². The van der Waals surface area contributed by atoms with Crippen molar-refractivity contribution in [1.82, 2.24) is 73.4 Å². The molecular formula is C69H90N18O20S2. The van der Waals surface area contributed by atoms with Crippen LogP contribution in [0.5, 0.6) is 5.75 Å². The molecule has 0 bridgehead atoms. The summed E-state index contributed by atoms with van der Waals surface area (Å²) in [5.41, 5.74) is 23.8. The summed E-state index contributed by atoms with van der Waals surface area (Å²) in [6.07, 6.45) is -3.60. The summed E-state index contributed by atoms with van der Waals surface area (Å²) in [5.74, 6) is -18.5. The van der Waals surface area contributed by atoms with Crippen molar-refractivity contribution in [2.45, 2.75) is 163 Å². The monoisotopic (exact) mass is 1550 g/mol. The number of phenolic OH excluding ortho intramolecular Hbond substituents is 1. The summed E-state index contributed by atoms with van der Waals surface area (Å²) in [4.78, 5) is 236. The van der Waals surface area contributed by atoms with E-state index in [1.165, 1.54) is 30.5 Å². The third kappa shape index (κ3) is 26.3. The third-order valence-corrected chi connectivity index (χ3v) is 18.2. The number of aliphatic hydroxyl groups is 1. The highest BCUT2D eigenvalue weighted by Gasteiger charge is 2.42. The maximum atomic E-state index is 15.3. The van der Waals surface area contributed by atoms with Gasteiger partial charge in [-0.2, -0.15) is 25.3 Å². The maximum absolute atomic E-state index is 15.3. The van der Waals surface area contributed by atoms with E-state index in [9.17, 15) is 87.2 Å². The Bertz CT molecular complexity index is 4190. The molecule has 6 rings (SSSR count). The number of nitrogens with two attached hydrogens (primary N) is 4. The van der Waals surface area contributed by atoms with Gasteiger partial charge in [-0.1, -0.05) is 48.5 Å². The topological polar surface area (TPSA) is 622 Å². The Labute approximate surface area is 633 Å². The lowest BCUT2D eigenvalue weighted by Gasteiger charge is -2.31. The second kappa shape index (κ2) is 41.3. The molecule has 0 spiro atoms. The number of likely N-dealkylation sites (tertiary alicyclic amines) is 1. The van der Waals surface area contributed by atoms with E-state index >= 15 is 9.59 Å². The summed E-state index contributed by atoms with van der Waals surface area (Å²) in [6.45, 7) is 1.42. The number of carboxylic acid groups (broad SMARTS) is 1. The maximum Gasteiger partial charge on any atom is 0.303 e. The molecule has 1 aliphatic heterocycles. The molecule has 12 atom stereocenters. The molecule has 40 heteroatoms. The van der Waals surface area contributed by atoms with Crippen molar-refractivity contribution < 1.29 is 96.8 Å². The van der Waals surface area contributed by atoms with Crippen LogP contribution in [0.1, 0.15) is 88.3 Å². The summed E-state index contributed by atoms with van der Waals surface area (Å²) >= 11 is 8.44. The summed E-state index contributed by atoms with van der Waals surface area (Å²) < 4.78 is 0. The Kier molecular flexibility index (Phi) is 32.7. The Morgan fingerprint density at radius 2 is 0.927 bits per heavy atom. The fraction of sp³-hybridized carbons (Fsp3) is 0.435. The molecule has 5 aromatic rings. The number of amides is 16. The molecule has 0 saturated carbocycles. The van der Waals surface area contributed by atoms with E-state index in [1.54, 1.807) is 54.7 Å². The van der Waals surface area contributed by atoms with E-state index in [0.717, 1.165) is 18.7 Å². The summed E-state index contributed by atoms with van der Waals surface area (Å²) in [7, 11) is 0. The number of aromatic amines is 2. The van der Waals surface area contributed by atoms with Crippen LogP contribution in [0.3, 0.4) is 0 Å². The van der Waals surface area contributed by atoms with Crippen molar-refractivity contribution in [3.8, 4) is 5.75 Å². The Morgan fingerprint density at radius 3 is 1.42 bits per heavy atom. The van der Waals surface area contributed by atoms with Gasteiger partial charge in [0.05, 0.1) is 19.1 Å². The molecule has 3 aromatic carbocycles. The van der Waals surface area contributed by atoms with Gasteiger partial charge in [-0.05, 0) is 80.0 Å². The molecule has 588 valence electrons. The number of hydrogen-bond donors (Lipinski definition) is 22. The highest BCUT2D eigenvalue weighted by Crippen LogP contribution is 2.25. The van der Waals surface area contributed by atoms with Crippen LogP contribution < -0.4 is 81.4 Å². The Hall–Kier alpha value is -11.8. The van der Waals surface area contributed by atoms with Crippen molar-refractivity contribution in [3.05, 3.63) is 102 Å². The van der Waals surface area contributed by atoms with Gasteiger partial charge >= 0.3 is 5.97 Å². The molecule has 38 nitrogen and oxygen atoms in total. The number of aliphatic carboxylic acids is 1. The number of aromatic hydroxyl groups is 1. The van der Waals surface area contributed by atoms with Crippen molar-refractivity contribution >= 4 is 148 Å².